The highest BCUT2D eigenvalue weighted by atomic mass is 32.2. The van der Waals surface area contributed by atoms with Crippen LogP contribution in [0.3, 0.4) is 0 Å². The number of sulfone groups is 1. The number of rotatable bonds is 2. The van der Waals surface area contributed by atoms with Crippen molar-refractivity contribution in [3.8, 4) is 10.8 Å². The maximum atomic E-state index is 11.6. The fourth-order valence-electron chi connectivity index (χ4n) is 2.31. The largest absolute Gasteiger partial charge is 0.333 e. The van der Waals surface area contributed by atoms with E-state index in [9.17, 15) is 8.42 Å². The standard InChI is InChI=1S/C12H12N2O3S2/c15-19(16)4-3-9-8(6-19)5-10(18-9)12-13-11(14-17-12)7-1-2-7/h5,7H,1-4,6H2. The topological polar surface area (TPSA) is 73.1 Å². The Balaban J connectivity index is 1.70. The molecule has 2 aliphatic rings. The summed E-state index contributed by atoms with van der Waals surface area (Å²) in [5, 5.41) is 3.99. The summed E-state index contributed by atoms with van der Waals surface area (Å²) in [7, 11) is -2.92. The zero-order valence-electron chi connectivity index (χ0n) is 10.1. The Kier molecular flexibility index (Phi) is 2.38. The zero-order valence-corrected chi connectivity index (χ0v) is 11.8. The first-order valence-corrected chi connectivity index (χ1v) is 8.90. The molecule has 100 valence electrons. The van der Waals surface area contributed by atoms with Crippen LogP contribution in [0.2, 0.25) is 0 Å². The number of nitrogens with zero attached hydrogens (tertiary/aromatic N) is 2. The molecular weight excluding hydrogens is 284 g/mol. The normalized spacial score (nSPS) is 21.3. The summed E-state index contributed by atoms with van der Waals surface area (Å²) >= 11 is 1.57. The van der Waals surface area contributed by atoms with Crippen LogP contribution in [-0.4, -0.2) is 24.3 Å². The van der Waals surface area contributed by atoms with E-state index in [1.165, 1.54) is 0 Å². The van der Waals surface area contributed by atoms with Gasteiger partial charge in [0.05, 0.1) is 16.4 Å². The highest BCUT2D eigenvalue weighted by molar-refractivity contribution is 7.90. The Morgan fingerprint density at radius 3 is 3.00 bits per heavy atom. The fraction of sp³-hybridized carbons (Fsp3) is 0.500. The van der Waals surface area contributed by atoms with Crippen molar-refractivity contribution in [2.45, 2.75) is 30.9 Å². The first-order chi connectivity index (χ1) is 9.11. The molecule has 0 bridgehead atoms. The van der Waals surface area contributed by atoms with E-state index >= 15 is 0 Å². The van der Waals surface area contributed by atoms with Crippen LogP contribution in [0.25, 0.3) is 10.8 Å². The number of fused-ring (bicyclic) bond motifs is 1. The van der Waals surface area contributed by atoms with Crippen LogP contribution < -0.4 is 0 Å². The van der Waals surface area contributed by atoms with Gasteiger partial charge in [0.25, 0.3) is 5.89 Å². The Morgan fingerprint density at radius 1 is 1.37 bits per heavy atom. The Hall–Kier alpha value is -1.21. The van der Waals surface area contributed by atoms with Gasteiger partial charge in [-0.25, -0.2) is 8.42 Å². The van der Waals surface area contributed by atoms with E-state index < -0.39 is 9.84 Å². The SMILES string of the molecule is O=S1(=O)CCc2sc(-c3nc(C4CC4)no3)cc2C1. The average Bonchev–Trinajstić information content (AvgIpc) is 2.95. The minimum absolute atomic E-state index is 0.141. The second-order valence-electron chi connectivity index (χ2n) is 5.13. The van der Waals surface area contributed by atoms with E-state index in [0.717, 1.165) is 34.0 Å². The smallest absolute Gasteiger partial charge is 0.268 e. The fourth-order valence-corrected chi connectivity index (χ4v) is 5.02. The van der Waals surface area contributed by atoms with Crippen LogP contribution in [0.4, 0.5) is 0 Å². The summed E-state index contributed by atoms with van der Waals surface area (Å²) in [6.07, 6.45) is 2.88. The first-order valence-electron chi connectivity index (χ1n) is 6.27. The van der Waals surface area contributed by atoms with Gasteiger partial charge >= 0.3 is 0 Å². The quantitative estimate of drug-likeness (QED) is 0.849. The number of aryl methyl sites for hydroxylation is 1. The molecular formula is C12H12N2O3S2. The second-order valence-corrected chi connectivity index (χ2v) is 8.45. The highest BCUT2D eigenvalue weighted by Gasteiger charge is 2.30. The van der Waals surface area contributed by atoms with E-state index in [2.05, 4.69) is 10.1 Å². The zero-order chi connectivity index (χ0) is 13.0. The summed E-state index contributed by atoms with van der Waals surface area (Å²) < 4.78 is 28.5. The molecule has 0 amide bonds. The van der Waals surface area contributed by atoms with Crippen molar-refractivity contribution in [1.82, 2.24) is 10.1 Å². The number of hydrogen-bond donors (Lipinski definition) is 0. The molecule has 1 aliphatic heterocycles. The summed E-state index contributed by atoms with van der Waals surface area (Å²) in [5.74, 6) is 2.17. The van der Waals surface area contributed by atoms with Gasteiger partial charge in [0.1, 0.15) is 0 Å². The van der Waals surface area contributed by atoms with Gasteiger partial charge in [-0.1, -0.05) is 5.16 Å². The molecule has 1 aliphatic carbocycles. The molecule has 0 radical (unpaired) electrons. The van der Waals surface area contributed by atoms with Crippen LogP contribution in [0.1, 0.15) is 35.0 Å². The van der Waals surface area contributed by atoms with Gasteiger partial charge in [-0.3, -0.25) is 0 Å². The summed E-state index contributed by atoms with van der Waals surface area (Å²) in [6, 6.07) is 1.89. The molecule has 1 fully saturated rings. The minimum atomic E-state index is -2.92. The number of hydrogen-bond acceptors (Lipinski definition) is 6. The van der Waals surface area contributed by atoms with E-state index in [4.69, 9.17) is 4.52 Å². The summed E-state index contributed by atoms with van der Waals surface area (Å²) in [5.41, 5.74) is 0.900. The van der Waals surface area contributed by atoms with Gasteiger partial charge in [0.15, 0.2) is 15.7 Å². The van der Waals surface area contributed by atoms with Gasteiger partial charge in [-0.2, -0.15) is 4.98 Å². The van der Waals surface area contributed by atoms with Gasteiger partial charge in [-0.15, -0.1) is 11.3 Å². The molecule has 0 unspecified atom stereocenters. The predicted molar refractivity (Wildman–Crippen MR) is 70.8 cm³/mol. The second kappa shape index (κ2) is 3.89. The van der Waals surface area contributed by atoms with Gasteiger partial charge in [0.2, 0.25) is 0 Å². The molecule has 4 rings (SSSR count). The molecule has 0 atom stereocenters. The molecule has 3 heterocycles. The van der Waals surface area contributed by atoms with E-state index in [1.54, 1.807) is 11.3 Å². The van der Waals surface area contributed by atoms with Crippen LogP contribution in [0, 0.1) is 0 Å². The van der Waals surface area contributed by atoms with Gasteiger partial charge in [0, 0.05) is 10.8 Å². The Labute approximate surface area is 114 Å². The summed E-state index contributed by atoms with van der Waals surface area (Å²) in [4.78, 5) is 6.43. The van der Waals surface area contributed by atoms with Crippen LogP contribution in [-0.2, 0) is 22.0 Å². The van der Waals surface area contributed by atoms with Crippen LogP contribution in [0.5, 0.6) is 0 Å². The molecule has 0 N–H and O–H groups in total. The van der Waals surface area contributed by atoms with E-state index in [1.807, 2.05) is 6.07 Å². The Bertz CT molecular complexity index is 741. The maximum absolute atomic E-state index is 11.6. The van der Waals surface area contributed by atoms with Crippen molar-refractivity contribution in [3.63, 3.8) is 0 Å². The lowest BCUT2D eigenvalue weighted by Gasteiger charge is -2.10. The molecule has 1 saturated carbocycles. The van der Waals surface area contributed by atoms with Crippen molar-refractivity contribution in [2.75, 3.05) is 5.75 Å². The lowest BCUT2D eigenvalue weighted by molar-refractivity contribution is 0.423. The van der Waals surface area contributed by atoms with Gasteiger partial charge in [-0.05, 0) is 30.9 Å². The molecule has 0 spiro atoms. The molecule has 2 aromatic heterocycles. The molecule has 0 saturated heterocycles. The Morgan fingerprint density at radius 2 is 2.21 bits per heavy atom. The lowest BCUT2D eigenvalue weighted by Crippen LogP contribution is -2.16. The molecule has 2 aromatic rings. The average molecular weight is 296 g/mol. The molecule has 0 aromatic carbocycles. The lowest BCUT2D eigenvalue weighted by atomic mass is 10.2. The third-order valence-electron chi connectivity index (χ3n) is 3.51. The highest BCUT2D eigenvalue weighted by Crippen LogP contribution is 2.40. The third-order valence-corrected chi connectivity index (χ3v) is 6.31. The van der Waals surface area contributed by atoms with Crippen molar-refractivity contribution < 1.29 is 12.9 Å². The van der Waals surface area contributed by atoms with Crippen molar-refractivity contribution in [3.05, 3.63) is 22.3 Å². The molecule has 5 nitrogen and oxygen atoms in total. The van der Waals surface area contributed by atoms with Gasteiger partial charge < -0.3 is 4.52 Å². The third kappa shape index (κ3) is 2.10. The van der Waals surface area contributed by atoms with Crippen molar-refractivity contribution in [1.29, 1.82) is 0 Å². The molecule has 7 heteroatoms. The van der Waals surface area contributed by atoms with Crippen LogP contribution >= 0.6 is 11.3 Å². The van der Waals surface area contributed by atoms with E-state index in [-0.39, 0.29) is 11.5 Å². The van der Waals surface area contributed by atoms with Crippen molar-refractivity contribution >= 4 is 21.2 Å². The monoisotopic (exact) mass is 296 g/mol. The predicted octanol–water partition coefficient (Wildman–Crippen LogP) is 2.15. The van der Waals surface area contributed by atoms with Crippen LogP contribution in [0.15, 0.2) is 10.6 Å². The first kappa shape index (κ1) is 11.6. The van der Waals surface area contributed by atoms with Crippen molar-refractivity contribution in [2.24, 2.45) is 0 Å². The van der Waals surface area contributed by atoms with E-state index in [0.29, 0.717) is 18.2 Å². The molecule has 19 heavy (non-hydrogen) atoms. The maximum Gasteiger partial charge on any atom is 0.268 e. The summed E-state index contributed by atoms with van der Waals surface area (Å²) in [6.45, 7) is 0. The number of aromatic nitrogens is 2. The number of thiophene rings is 1. The minimum Gasteiger partial charge on any atom is -0.333 e.